The molecule has 0 unspecified atom stereocenters. The molecule has 0 spiro atoms. The van der Waals surface area contributed by atoms with E-state index in [4.69, 9.17) is 9.47 Å². The fourth-order valence-corrected chi connectivity index (χ4v) is 6.24. The molecule has 1 aromatic rings. The predicted molar refractivity (Wildman–Crippen MR) is 101 cm³/mol. The number of methoxy groups -OCH3 is 2. The third kappa shape index (κ3) is 3.78. The van der Waals surface area contributed by atoms with Crippen LogP contribution in [0.3, 0.4) is 0 Å². The number of hydrogen-bond acceptors (Lipinski definition) is 6. The zero-order chi connectivity index (χ0) is 19.2. The van der Waals surface area contributed by atoms with Crippen molar-refractivity contribution >= 4 is 15.7 Å². The van der Waals surface area contributed by atoms with Crippen molar-refractivity contribution < 1.29 is 22.7 Å². The van der Waals surface area contributed by atoms with Gasteiger partial charge in [0.25, 0.3) is 5.91 Å². The average Bonchev–Trinajstić information content (AvgIpc) is 3.40. The van der Waals surface area contributed by atoms with E-state index in [-0.39, 0.29) is 29.5 Å². The Morgan fingerprint density at radius 1 is 1.04 bits per heavy atom. The molecule has 0 radical (unpaired) electrons. The van der Waals surface area contributed by atoms with Crippen LogP contribution in [0.15, 0.2) is 18.2 Å². The van der Waals surface area contributed by atoms with Gasteiger partial charge in [0, 0.05) is 37.3 Å². The molecule has 2 heterocycles. The van der Waals surface area contributed by atoms with E-state index in [1.54, 1.807) is 37.3 Å². The summed E-state index contributed by atoms with van der Waals surface area (Å²) < 4.78 is 35.2. The summed E-state index contributed by atoms with van der Waals surface area (Å²) in [4.78, 5) is 17.3. The first-order valence-corrected chi connectivity index (χ1v) is 11.2. The minimum Gasteiger partial charge on any atom is -0.497 e. The quantitative estimate of drug-likeness (QED) is 0.743. The number of sulfone groups is 1. The lowest BCUT2D eigenvalue weighted by atomic mass is 10.0. The van der Waals surface area contributed by atoms with Gasteiger partial charge in [-0.3, -0.25) is 9.69 Å². The molecule has 148 valence electrons. The maximum atomic E-state index is 13.2. The fourth-order valence-electron chi connectivity index (χ4n) is 4.23. The number of amides is 1. The van der Waals surface area contributed by atoms with Crippen LogP contribution in [0.2, 0.25) is 0 Å². The van der Waals surface area contributed by atoms with Gasteiger partial charge < -0.3 is 14.4 Å². The van der Waals surface area contributed by atoms with Gasteiger partial charge in [0.2, 0.25) is 0 Å². The maximum absolute atomic E-state index is 13.2. The van der Waals surface area contributed by atoms with Gasteiger partial charge in [0.1, 0.15) is 11.5 Å². The van der Waals surface area contributed by atoms with Crippen molar-refractivity contribution in [3.05, 3.63) is 23.8 Å². The molecular formula is C19H26N2O5S. The van der Waals surface area contributed by atoms with Gasteiger partial charge >= 0.3 is 0 Å². The molecule has 2 aliphatic heterocycles. The third-order valence-electron chi connectivity index (χ3n) is 5.84. The number of fused-ring (bicyclic) bond motifs is 1. The Labute approximate surface area is 160 Å². The molecule has 7 nitrogen and oxygen atoms in total. The summed E-state index contributed by atoms with van der Waals surface area (Å²) in [6.07, 6.45) is 2.46. The smallest absolute Gasteiger partial charge is 0.254 e. The number of rotatable bonds is 5. The number of carbonyl (C=O) groups is 1. The minimum atomic E-state index is -3.14. The molecule has 4 rings (SSSR count). The second kappa shape index (κ2) is 6.98. The van der Waals surface area contributed by atoms with E-state index in [9.17, 15) is 13.2 Å². The molecule has 1 saturated carbocycles. The zero-order valence-electron chi connectivity index (χ0n) is 15.8. The lowest BCUT2D eigenvalue weighted by molar-refractivity contribution is 0.0317. The molecule has 3 fully saturated rings. The van der Waals surface area contributed by atoms with Crippen LogP contribution in [0.5, 0.6) is 11.5 Å². The lowest BCUT2D eigenvalue weighted by Gasteiger charge is -2.44. The van der Waals surface area contributed by atoms with E-state index in [1.807, 2.05) is 0 Å². The summed E-state index contributed by atoms with van der Waals surface area (Å²) in [5.41, 5.74) is 0.463. The third-order valence-corrected chi connectivity index (χ3v) is 7.54. The first-order chi connectivity index (χ1) is 12.9. The number of carbonyl (C=O) groups excluding carboxylic acids is 1. The van der Waals surface area contributed by atoms with Crippen molar-refractivity contribution in [2.45, 2.75) is 24.9 Å². The molecule has 0 N–H and O–H groups in total. The number of nitrogens with zero attached hydrogens (tertiary/aromatic N) is 2. The second-order valence-corrected chi connectivity index (χ2v) is 9.90. The van der Waals surface area contributed by atoms with Gasteiger partial charge in [0.05, 0.1) is 31.8 Å². The SMILES string of the molecule is COc1cc(OC)cc(C(=O)N2CCN(CC3CC3)[C@@H]3CS(=O)(=O)C[C@@H]32)c1. The molecule has 0 bridgehead atoms. The molecule has 1 amide bonds. The predicted octanol–water partition coefficient (Wildman–Crippen LogP) is 1.04. The van der Waals surface area contributed by atoms with Crippen LogP contribution < -0.4 is 9.47 Å². The Hall–Kier alpha value is -1.80. The monoisotopic (exact) mass is 394 g/mol. The second-order valence-electron chi connectivity index (χ2n) is 7.75. The Morgan fingerprint density at radius 3 is 2.26 bits per heavy atom. The van der Waals surface area contributed by atoms with E-state index in [2.05, 4.69) is 4.90 Å². The van der Waals surface area contributed by atoms with Gasteiger partial charge in [-0.05, 0) is 30.9 Å². The average molecular weight is 394 g/mol. The number of piperazine rings is 1. The number of ether oxygens (including phenoxy) is 2. The van der Waals surface area contributed by atoms with Crippen molar-refractivity contribution in [1.82, 2.24) is 9.80 Å². The molecule has 27 heavy (non-hydrogen) atoms. The van der Waals surface area contributed by atoms with Crippen molar-refractivity contribution in [1.29, 1.82) is 0 Å². The van der Waals surface area contributed by atoms with Crippen LogP contribution in [0, 0.1) is 5.92 Å². The Morgan fingerprint density at radius 2 is 1.67 bits per heavy atom. The normalized spacial score (nSPS) is 27.3. The van der Waals surface area contributed by atoms with Crippen LogP contribution >= 0.6 is 0 Å². The Balaban J connectivity index is 1.60. The fraction of sp³-hybridized carbons (Fsp3) is 0.632. The van der Waals surface area contributed by atoms with Gasteiger partial charge in [-0.25, -0.2) is 8.42 Å². The highest BCUT2D eigenvalue weighted by Crippen LogP contribution is 2.35. The van der Waals surface area contributed by atoms with E-state index < -0.39 is 9.84 Å². The summed E-state index contributed by atoms with van der Waals surface area (Å²) in [5.74, 6) is 1.81. The molecule has 0 aromatic heterocycles. The van der Waals surface area contributed by atoms with Crippen LogP contribution in [-0.2, 0) is 9.84 Å². The van der Waals surface area contributed by atoms with Crippen LogP contribution in [0.1, 0.15) is 23.2 Å². The van der Waals surface area contributed by atoms with Gasteiger partial charge in [0.15, 0.2) is 9.84 Å². The van der Waals surface area contributed by atoms with Crippen molar-refractivity contribution in [3.8, 4) is 11.5 Å². The topological polar surface area (TPSA) is 76.2 Å². The largest absolute Gasteiger partial charge is 0.497 e. The van der Waals surface area contributed by atoms with Crippen molar-refractivity contribution in [2.24, 2.45) is 5.92 Å². The molecule has 8 heteroatoms. The Kier molecular flexibility index (Phi) is 4.80. The van der Waals surface area contributed by atoms with Gasteiger partial charge in [-0.1, -0.05) is 0 Å². The lowest BCUT2D eigenvalue weighted by Crippen LogP contribution is -2.60. The first-order valence-electron chi connectivity index (χ1n) is 9.38. The van der Waals surface area contributed by atoms with Crippen LogP contribution in [0.25, 0.3) is 0 Å². The van der Waals surface area contributed by atoms with Crippen LogP contribution in [0.4, 0.5) is 0 Å². The van der Waals surface area contributed by atoms with E-state index in [1.165, 1.54) is 12.8 Å². The molecule has 1 aromatic carbocycles. The van der Waals surface area contributed by atoms with Gasteiger partial charge in [-0.2, -0.15) is 0 Å². The zero-order valence-corrected chi connectivity index (χ0v) is 16.6. The van der Waals surface area contributed by atoms with Crippen LogP contribution in [-0.4, -0.2) is 81.6 Å². The highest BCUT2D eigenvalue weighted by Gasteiger charge is 2.48. The van der Waals surface area contributed by atoms with E-state index in [0.717, 1.165) is 13.1 Å². The van der Waals surface area contributed by atoms with Crippen molar-refractivity contribution in [3.63, 3.8) is 0 Å². The van der Waals surface area contributed by atoms with E-state index in [0.29, 0.717) is 29.5 Å². The summed E-state index contributed by atoms with van der Waals surface area (Å²) >= 11 is 0. The summed E-state index contributed by atoms with van der Waals surface area (Å²) in [6.45, 7) is 2.22. The standard InChI is InChI=1S/C19H26N2O5S/c1-25-15-7-14(8-16(9-15)26-2)19(22)21-6-5-20(10-13-3-4-13)17-11-27(23,24)12-18(17)21/h7-9,13,17-18H,3-6,10-12H2,1-2H3/t17-,18+/m1/s1. The molecule has 2 saturated heterocycles. The number of benzene rings is 1. The van der Waals surface area contributed by atoms with E-state index >= 15 is 0 Å². The highest BCUT2D eigenvalue weighted by atomic mass is 32.2. The molecule has 1 aliphatic carbocycles. The van der Waals surface area contributed by atoms with Crippen molar-refractivity contribution in [2.75, 3.05) is 45.4 Å². The summed E-state index contributed by atoms with van der Waals surface area (Å²) in [6, 6.07) is 4.69. The highest BCUT2D eigenvalue weighted by molar-refractivity contribution is 7.91. The number of hydrogen-bond donors (Lipinski definition) is 0. The first kappa shape index (κ1) is 18.6. The Bertz CT molecular complexity index is 814. The van der Waals surface area contributed by atoms with Gasteiger partial charge in [-0.15, -0.1) is 0 Å². The molecular weight excluding hydrogens is 368 g/mol. The maximum Gasteiger partial charge on any atom is 0.254 e. The minimum absolute atomic E-state index is 0.0473. The summed E-state index contributed by atoms with van der Waals surface area (Å²) in [7, 11) is -0.0545. The molecule has 2 atom stereocenters. The molecule has 3 aliphatic rings. The summed E-state index contributed by atoms with van der Waals surface area (Å²) in [5, 5.41) is 0.